The van der Waals surface area contributed by atoms with Crippen LogP contribution in [-0.2, 0) is 27.0 Å². The van der Waals surface area contributed by atoms with Gasteiger partial charge in [0, 0.05) is 11.8 Å². The predicted molar refractivity (Wildman–Crippen MR) is 70.2 cm³/mol. The Morgan fingerprint density at radius 2 is 2.15 bits per heavy atom. The number of sulfonamides is 1. The molecule has 1 amide bonds. The minimum Gasteiger partial charge on any atom is -0.364 e. The van der Waals surface area contributed by atoms with E-state index in [-0.39, 0.29) is 6.42 Å². The molecule has 2 heterocycles. The van der Waals surface area contributed by atoms with E-state index in [1.165, 1.54) is 30.8 Å². The number of hydrogen-bond donors (Lipinski definition) is 1. The molecule has 0 aliphatic heterocycles. The van der Waals surface area contributed by atoms with Gasteiger partial charge >= 0.3 is 0 Å². The lowest BCUT2D eigenvalue weighted by Crippen LogP contribution is -2.32. The Morgan fingerprint density at radius 1 is 1.35 bits per heavy atom. The van der Waals surface area contributed by atoms with Gasteiger partial charge in [0.15, 0.2) is 0 Å². The molecule has 2 aromatic heterocycles. The minimum absolute atomic E-state index is 0.128. The molecule has 0 saturated carbocycles. The summed E-state index contributed by atoms with van der Waals surface area (Å²) in [4.78, 5) is 15.4. The van der Waals surface area contributed by atoms with Crippen LogP contribution in [0.4, 0.5) is 0 Å². The summed E-state index contributed by atoms with van der Waals surface area (Å²) in [5.74, 6) is -1.07. The van der Waals surface area contributed by atoms with Crippen molar-refractivity contribution in [3.05, 3.63) is 47.1 Å². The number of aromatic nitrogens is 2. The summed E-state index contributed by atoms with van der Waals surface area (Å²) < 4.78 is 30.1. The maximum absolute atomic E-state index is 11.8. The number of rotatable bonds is 5. The molecule has 1 N–H and O–H groups in total. The number of carbonyl (C=O) groups excluding carboxylic acids is 1. The van der Waals surface area contributed by atoms with Crippen molar-refractivity contribution in [3.63, 3.8) is 0 Å². The Morgan fingerprint density at radius 3 is 2.75 bits per heavy atom. The molecule has 0 spiro atoms. The average molecular weight is 316 g/mol. The summed E-state index contributed by atoms with van der Waals surface area (Å²) in [5.41, 5.74) is 0.780. The summed E-state index contributed by atoms with van der Waals surface area (Å²) in [6, 6.07) is 3.00. The molecule has 0 aliphatic carbocycles. The summed E-state index contributed by atoms with van der Waals surface area (Å²) in [5, 5.41) is 3.83. The van der Waals surface area contributed by atoms with Crippen LogP contribution in [0.5, 0.6) is 0 Å². The standard InChI is InChI=1S/C11H10ClN3O4S/c12-9-1-2-10(13-5-9)7-20(17,18)15-11(16)3-8-4-14-19-6-8/h1-2,4-6H,3,7H2,(H,15,16). The van der Waals surface area contributed by atoms with Crippen LogP contribution in [0.1, 0.15) is 11.3 Å². The van der Waals surface area contributed by atoms with Crippen LogP contribution in [0.15, 0.2) is 35.3 Å². The molecule has 2 aromatic rings. The van der Waals surface area contributed by atoms with Gasteiger partial charge in [-0.3, -0.25) is 14.5 Å². The van der Waals surface area contributed by atoms with Crippen molar-refractivity contribution >= 4 is 27.5 Å². The van der Waals surface area contributed by atoms with Crippen LogP contribution in [0, 0.1) is 0 Å². The molecule has 0 unspecified atom stereocenters. The highest BCUT2D eigenvalue weighted by Gasteiger charge is 2.17. The highest BCUT2D eigenvalue weighted by molar-refractivity contribution is 7.89. The Hall–Kier alpha value is -1.93. The second-order valence-electron chi connectivity index (χ2n) is 3.96. The van der Waals surface area contributed by atoms with Crippen molar-refractivity contribution in [1.29, 1.82) is 0 Å². The lowest BCUT2D eigenvalue weighted by atomic mass is 10.2. The van der Waals surface area contributed by atoms with Gasteiger partial charge in [-0.2, -0.15) is 0 Å². The molecular weight excluding hydrogens is 306 g/mol. The lowest BCUT2D eigenvalue weighted by Gasteiger charge is -2.05. The van der Waals surface area contributed by atoms with E-state index in [2.05, 4.69) is 14.7 Å². The molecule has 2 rings (SSSR count). The van der Waals surface area contributed by atoms with Gasteiger partial charge in [0.25, 0.3) is 0 Å². The highest BCUT2D eigenvalue weighted by Crippen LogP contribution is 2.08. The van der Waals surface area contributed by atoms with Crippen molar-refractivity contribution in [3.8, 4) is 0 Å². The Bertz CT molecular complexity index is 683. The van der Waals surface area contributed by atoms with Gasteiger partial charge in [-0.05, 0) is 12.1 Å². The number of pyridine rings is 1. The van der Waals surface area contributed by atoms with E-state index in [1.54, 1.807) is 0 Å². The second kappa shape index (κ2) is 6.02. The zero-order valence-electron chi connectivity index (χ0n) is 10.1. The van der Waals surface area contributed by atoms with Gasteiger partial charge in [-0.1, -0.05) is 16.8 Å². The normalized spacial score (nSPS) is 11.2. The molecule has 0 aromatic carbocycles. The molecule has 0 fully saturated rings. The van der Waals surface area contributed by atoms with Crippen molar-refractivity contribution in [1.82, 2.24) is 14.9 Å². The lowest BCUT2D eigenvalue weighted by molar-refractivity contribution is -0.118. The van der Waals surface area contributed by atoms with Gasteiger partial charge < -0.3 is 4.52 Å². The van der Waals surface area contributed by atoms with Crippen LogP contribution in [-0.4, -0.2) is 24.5 Å². The van der Waals surface area contributed by atoms with E-state index in [0.717, 1.165) is 0 Å². The fourth-order valence-corrected chi connectivity index (χ4v) is 2.59. The zero-order valence-corrected chi connectivity index (χ0v) is 11.7. The van der Waals surface area contributed by atoms with E-state index in [4.69, 9.17) is 11.6 Å². The third kappa shape index (κ3) is 4.32. The van der Waals surface area contributed by atoms with E-state index < -0.39 is 21.7 Å². The maximum atomic E-state index is 11.8. The SMILES string of the molecule is O=C(Cc1cnoc1)NS(=O)(=O)Cc1ccc(Cl)cn1. The molecular formula is C11H10ClN3O4S. The number of halogens is 1. The van der Waals surface area contributed by atoms with Gasteiger partial charge in [0.05, 0.1) is 23.3 Å². The number of nitrogens with one attached hydrogen (secondary N) is 1. The molecule has 106 valence electrons. The van der Waals surface area contributed by atoms with Crippen LogP contribution >= 0.6 is 11.6 Å². The van der Waals surface area contributed by atoms with Crippen molar-refractivity contribution < 1.29 is 17.7 Å². The molecule has 0 aliphatic rings. The number of amides is 1. The van der Waals surface area contributed by atoms with Crippen LogP contribution in [0.25, 0.3) is 0 Å². The summed E-state index contributed by atoms with van der Waals surface area (Å²) in [7, 11) is -3.81. The van der Waals surface area contributed by atoms with Crippen molar-refractivity contribution in [2.24, 2.45) is 0 Å². The van der Waals surface area contributed by atoms with Crippen molar-refractivity contribution in [2.45, 2.75) is 12.2 Å². The smallest absolute Gasteiger partial charge is 0.240 e. The zero-order chi connectivity index (χ0) is 14.6. The molecule has 0 saturated heterocycles. The Kier molecular flexibility index (Phi) is 4.35. The number of carbonyl (C=O) groups is 1. The van der Waals surface area contributed by atoms with Crippen molar-refractivity contribution in [2.75, 3.05) is 0 Å². The topological polar surface area (TPSA) is 102 Å². The van der Waals surface area contributed by atoms with Crippen LogP contribution in [0.3, 0.4) is 0 Å². The van der Waals surface area contributed by atoms with E-state index in [0.29, 0.717) is 16.3 Å². The van der Waals surface area contributed by atoms with Gasteiger partial charge in [0.2, 0.25) is 15.9 Å². The fraction of sp³-hybridized carbons (Fsp3) is 0.182. The van der Waals surface area contributed by atoms with E-state index in [9.17, 15) is 13.2 Å². The Balaban J connectivity index is 1.96. The molecule has 9 heteroatoms. The highest BCUT2D eigenvalue weighted by atomic mass is 35.5. The van der Waals surface area contributed by atoms with Crippen LogP contribution < -0.4 is 4.72 Å². The predicted octanol–water partition coefficient (Wildman–Crippen LogP) is 0.912. The number of nitrogens with zero attached hydrogens (tertiary/aromatic N) is 2. The summed E-state index contributed by atoms with van der Waals surface area (Å²) in [6.07, 6.45) is 3.82. The largest absolute Gasteiger partial charge is 0.364 e. The Labute approximate surface area is 120 Å². The maximum Gasteiger partial charge on any atom is 0.240 e. The average Bonchev–Trinajstić information content (AvgIpc) is 2.83. The summed E-state index contributed by atoms with van der Waals surface area (Å²) in [6.45, 7) is 0. The van der Waals surface area contributed by atoms with E-state index in [1.807, 2.05) is 4.72 Å². The van der Waals surface area contributed by atoms with E-state index >= 15 is 0 Å². The molecule has 0 atom stereocenters. The monoisotopic (exact) mass is 315 g/mol. The molecule has 0 radical (unpaired) electrons. The van der Waals surface area contributed by atoms with Gasteiger partial charge in [-0.25, -0.2) is 8.42 Å². The third-order valence-corrected chi connectivity index (χ3v) is 3.68. The van der Waals surface area contributed by atoms with Gasteiger partial charge in [-0.15, -0.1) is 0 Å². The number of hydrogen-bond acceptors (Lipinski definition) is 6. The first-order chi connectivity index (χ1) is 9.44. The quantitative estimate of drug-likeness (QED) is 0.880. The fourth-order valence-electron chi connectivity index (χ4n) is 1.43. The minimum atomic E-state index is -3.81. The molecule has 7 nitrogen and oxygen atoms in total. The first kappa shape index (κ1) is 14.5. The third-order valence-electron chi connectivity index (χ3n) is 2.24. The second-order valence-corrected chi connectivity index (χ2v) is 6.12. The molecule has 20 heavy (non-hydrogen) atoms. The van der Waals surface area contributed by atoms with Crippen LogP contribution in [0.2, 0.25) is 5.02 Å². The van der Waals surface area contributed by atoms with Gasteiger partial charge in [0.1, 0.15) is 12.0 Å². The molecule has 0 bridgehead atoms. The first-order valence-electron chi connectivity index (χ1n) is 5.46. The first-order valence-corrected chi connectivity index (χ1v) is 7.50. The summed E-state index contributed by atoms with van der Waals surface area (Å²) >= 11 is 5.65.